The van der Waals surface area contributed by atoms with Crippen LogP contribution in [0.25, 0.3) is 11.0 Å². The van der Waals surface area contributed by atoms with Crippen LogP contribution in [0.4, 0.5) is 0 Å². The van der Waals surface area contributed by atoms with Crippen LogP contribution < -0.4 is 0 Å². The summed E-state index contributed by atoms with van der Waals surface area (Å²) in [7, 11) is 0. The average molecular weight is 248 g/mol. The molecule has 1 aromatic carbocycles. The molecule has 18 heavy (non-hydrogen) atoms. The number of furan rings is 1. The van der Waals surface area contributed by atoms with Gasteiger partial charge in [-0.1, -0.05) is 0 Å². The zero-order chi connectivity index (χ0) is 12.9. The number of carbonyl (C=O) groups is 1. The van der Waals surface area contributed by atoms with Crippen molar-refractivity contribution in [3.63, 3.8) is 0 Å². The lowest BCUT2D eigenvalue weighted by Crippen LogP contribution is -2.12. The zero-order valence-corrected chi connectivity index (χ0v) is 9.77. The van der Waals surface area contributed by atoms with Gasteiger partial charge in [0.15, 0.2) is 11.4 Å². The smallest absolute Gasteiger partial charge is 0.172 e. The lowest BCUT2D eigenvalue weighted by Gasteiger charge is -2.02. The Labute approximate surface area is 103 Å². The van der Waals surface area contributed by atoms with Gasteiger partial charge in [-0.15, -0.1) is 0 Å². The Morgan fingerprint density at radius 1 is 1.44 bits per heavy atom. The van der Waals surface area contributed by atoms with E-state index in [2.05, 4.69) is 0 Å². The number of phenolic OH excluding ortho intramolecular Hbond substituents is 1. The van der Waals surface area contributed by atoms with Gasteiger partial charge in [0.1, 0.15) is 17.1 Å². The number of Topliss-reactive ketones (excluding diaryl/α,β-unsaturated/α-hetero) is 1. The molecular weight excluding hydrogens is 236 g/mol. The van der Waals surface area contributed by atoms with Crippen LogP contribution >= 0.6 is 0 Å². The SMILES string of the molecule is CC(=O)c1cc2cc([C@]3(CO)CO3)oc2cc1O. The first-order valence-electron chi connectivity index (χ1n) is 5.58. The number of aromatic hydroxyl groups is 1. The number of fused-ring (bicyclic) bond motifs is 1. The Morgan fingerprint density at radius 2 is 2.17 bits per heavy atom. The summed E-state index contributed by atoms with van der Waals surface area (Å²) in [5.41, 5.74) is -0.0224. The van der Waals surface area contributed by atoms with E-state index in [-0.39, 0.29) is 23.7 Å². The molecule has 1 aromatic heterocycles. The van der Waals surface area contributed by atoms with E-state index in [1.54, 1.807) is 12.1 Å². The van der Waals surface area contributed by atoms with Crippen molar-refractivity contribution in [2.24, 2.45) is 0 Å². The second-order valence-electron chi connectivity index (χ2n) is 4.52. The summed E-state index contributed by atoms with van der Waals surface area (Å²) in [4.78, 5) is 11.3. The number of ketones is 1. The summed E-state index contributed by atoms with van der Waals surface area (Å²) in [6, 6.07) is 4.71. The first-order valence-corrected chi connectivity index (χ1v) is 5.58. The van der Waals surface area contributed by atoms with Gasteiger partial charge in [-0.3, -0.25) is 4.79 Å². The van der Waals surface area contributed by atoms with Crippen LogP contribution in [0.5, 0.6) is 5.75 Å². The van der Waals surface area contributed by atoms with Crippen molar-refractivity contribution in [2.45, 2.75) is 12.5 Å². The van der Waals surface area contributed by atoms with E-state index in [0.29, 0.717) is 23.3 Å². The first-order chi connectivity index (χ1) is 8.55. The van der Waals surface area contributed by atoms with Crippen LogP contribution in [-0.4, -0.2) is 29.2 Å². The maximum atomic E-state index is 11.3. The van der Waals surface area contributed by atoms with Crippen molar-refractivity contribution in [3.8, 4) is 5.75 Å². The minimum atomic E-state index is -0.745. The molecule has 2 heterocycles. The van der Waals surface area contributed by atoms with Gasteiger partial charge in [-0.05, 0) is 19.1 Å². The highest BCUT2D eigenvalue weighted by atomic mass is 16.6. The van der Waals surface area contributed by atoms with Gasteiger partial charge >= 0.3 is 0 Å². The molecule has 1 atom stereocenters. The molecule has 5 heteroatoms. The topological polar surface area (TPSA) is 83.2 Å². The number of carbonyl (C=O) groups excluding carboxylic acids is 1. The molecule has 0 aliphatic carbocycles. The third-order valence-electron chi connectivity index (χ3n) is 3.21. The van der Waals surface area contributed by atoms with Gasteiger partial charge in [-0.2, -0.15) is 0 Å². The fourth-order valence-electron chi connectivity index (χ4n) is 1.98. The molecule has 1 saturated heterocycles. The van der Waals surface area contributed by atoms with Crippen LogP contribution in [0.1, 0.15) is 23.0 Å². The summed E-state index contributed by atoms with van der Waals surface area (Å²) in [6.45, 7) is 1.65. The van der Waals surface area contributed by atoms with E-state index in [9.17, 15) is 15.0 Å². The van der Waals surface area contributed by atoms with E-state index in [1.807, 2.05) is 0 Å². The third-order valence-corrected chi connectivity index (χ3v) is 3.21. The van der Waals surface area contributed by atoms with Gasteiger partial charge in [-0.25, -0.2) is 0 Å². The standard InChI is InChI=1S/C13H12O5/c1-7(15)9-2-8-3-12(13(5-14)6-17-13)18-11(8)4-10(9)16/h2-4,14,16H,5-6H2,1H3/t13-/m0/s1. The number of hydrogen-bond acceptors (Lipinski definition) is 5. The van der Waals surface area contributed by atoms with Gasteiger partial charge in [0.25, 0.3) is 0 Å². The molecule has 1 aliphatic rings. The van der Waals surface area contributed by atoms with Crippen molar-refractivity contribution < 1.29 is 24.2 Å². The molecule has 1 aliphatic heterocycles. The summed E-state index contributed by atoms with van der Waals surface area (Å²) < 4.78 is 10.7. The Balaban J connectivity index is 2.15. The molecule has 1 fully saturated rings. The maximum Gasteiger partial charge on any atom is 0.172 e. The van der Waals surface area contributed by atoms with Crippen molar-refractivity contribution in [2.75, 3.05) is 13.2 Å². The lowest BCUT2D eigenvalue weighted by atomic mass is 10.1. The van der Waals surface area contributed by atoms with Gasteiger partial charge in [0, 0.05) is 11.5 Å². The monoisotopic (exact) mass is 248 g/mol. The van der Waals surface area contributed by atoms with Crippen LogP contribution in [-0.2, 0) is 10.3 Å². The molecule has 0 amide bonds. The minimum Gasteiger partial charge on any atom is -0.507 e. The van der Waals surface area contributed by atoms with Gasteiger partial charge in [0.2, 0.25) is 0 Å². The lowest BCUT2D eigenvalue weighted by molar-refractivity contribution is 0.101. The Morgan fingerprint density at radius 3 is 2.72 bits per heavy atom. The fraction of sp³-hybridized carbons (Fsp3) is 0.308. The fourth-order valence-corrected chi connectivity index (χ4v) is 1.98. The number of epoxide rings is 1. The number of aliphatic hydroxyl groups is 1. The molecule has 94 valence electrons. The van der Waals surface area contributed by atoms with Crippen molar-refractivity contribution in [3.05, 3.63) is 29.5 Å². The largest absolute Gasteiger partial charge is 0.507 e. The Kier molecular flexibility index (Phi) is 2.23. The predicted molar refractivity (Wildman–Crippen MR) is 62.6 cm³/mol. The molecule has 0 radical (unpaired) electrons. The summed E-state index contributed by atoms with van der Waals surface area (Å²) in [6.07, 6.45) is 0. The highest BCUT2D eigenvalue weighted by Gasteiger charge is 2.49. The summed E-state index contributed by atoms with van der Waals surface area (Å²) >= 11 is 0. The van der Waals surface area contributed by atoms with Crippen molar-refractivity contribution in [1.29, 1.82) is 0 Å². The quantitative estimate of drug-likeness (QED) is 0.636. The number of hydrogen-bond donors (Lipinski definition) is 2. The predicted octanol–water partition coefficient (Wildman–Crippen LogP) is 1.56. The van der Waals surface area contributed by atoms with Crippen LogP contribution in [0, 0.1) is 0 Å². The van der Waals surface area contributed by atoms with Crippen LogP contribution in [0.15, 0.2) is 22.6 Å². The van der Waals surface area contributed by atoms with E-state index in [4.69, 9.17) is 9.15 Å². The normalized spacial score (nSPS) is 22.3. The van der Waals surface area contributed by atoms with E-state index >= 15 is 0 Å². The number of aliphatic hydroxyl groups excluding tert-OH is 1. The highest BCUT2D eigenvalue weighted by molar-refractivity contribution is 6.00. The Bertz CT molecular complexity index is 636. The molecule has 0 spiro atoms. The molecule has 2 N–H and O–H groups in total. The number of rotatable bonds is 3. The maximum absolute atomic E-state index is 11.3. The second-order valence-corrected chi connectivity index (χ2v) is 4.52. The van der Waals surface area contributed by atoms with Gasteiger partial charge < -0.3 is 19.4 Å². The van der Waals surface area contributed by atoms with E-state index < -0.39 is 5.60 Å². The highest BCUT2D eigenvalue weighted by Crippen LogP contribution is 2.41. The number of phenols is 1. The molecular formula is C13H12O5. The van der Waals surface area contributed by atoms with E-state index in [0.717, 1.165) is 0 Å². The molecule has 0 unspecified atom stereocenters. The van der Waals surface area contributed by atoms with Crippen molar-refractivity contribution in [1.82, 2.24) is 0 Å². The third kappa shape index (κ3) is 1.52. The number of benzene rings is 1. The second kappa shape index (κ2) is 3.57. The van der Waals surface area contributed by atoms with Crippen LogP contribution in [0.2, 0.25) is 0 Å². The summed E-state index contributed by atoms with van der Waals surface area (Å²) in [5.74, 6) is 0.197. The Hall–Kier alpha value is -1.85. The van der Waals surface area contributed by atoms with Gasteiger partial charge in [0.05, 0.1) is 18.8 Å². The average Bonchev–Trinajstić information content (AvgIpc) is 3.02. The molecule has 2 aromatic rings. The van der Waals surface area contributed by atoms with Crippen LogP contribution in [0.3, 0.4) is 0 Å². The van der Waals surface area contributed by atoms with E-state index in [1.165, 1.54) is 13.0 Å². The molecule has 0 bridgehead atoms. The number of ether oxygens (including phenoxy) is 1. The first kappa shape index (κ1) is 11.3. The van der Waals surface area contributed by atoms with Crippen molar-refractivity contribution >= 4 is 16.8 Å². The molecule has 3 rings (SSSR count). The molecule has 5 nitrogen and oxygen atoms in total. The summed E-state index contributed by atoms with van der Waals surface area (Å²) in [5, 5.41) is 19.7. The zero-order valence-electron chi connectivity index (χ0n) is 9.77. The molecule has 0 saturated carbocycles. The minimum absolute atomic E-state index is 0.106.